The standard InChI is InChI=1S/C16H25ClN2O2/c1-2-3-4-5-6-7-8-9-10-18-15-14(17)11-13(12-19-15)16(20)21/h11-12H,2-10H2,1H3,(H,18,19)(H,20,21). The van der Waals surface area contributed by atoms with Crippen LogP contribution in [0.2, 0.25) is 5.02 Å². The molecule has 1 aromatic rings. The summed E-state index contributed by atoms with van der Waals surface area (Å²) < 4.78 is 0. The molecule has 4 nitrogen and oxygen atoms in total. The Morgan fingerprint density at radius 2 is 1.81 bits per heavy atom. The first-order chi connectivity index (χ1) is 10.1. The van der Waals surface area contributed by atoms with Gasteiger partial charge < -0.3 is 10.4 Å². The Balaban J connectivity index is 2.14. The molecule has 0 saturated heterocycles. The van der Waals surface area contributed by atoms with Gasteiger partial charge in [0.05, 0.1) is 10.6 Å². The van der Waals surface area contributed by atoms with Gasteiger partial charge in [0.1, 0.15) is 5.82 Å². The van der Waals surface area contributed by atoms with Gasteiger partial charge in [-0.25, -0.2) is 9.78 Å². The third-order valence-electron chi connectivity index (χ3n) is 3.41. The zero-order valence-electron chi connectivity index (χ0n) is 12.7. The van der Waals surface area contributed by atoms with Gasteiger partial charge in [0, 0.05) is 12.7 Å². The van der Waals surface area contributed by atoms with Crippen LogP contribution in [0.4, 0.5) is 5.82 Å². The van der Waals surface area contributed by atoms with Gasteiger partial charge in [0.15, 0.2) is 0 Å². The lowest BCUT2D eigenvalue weighted by molar-refractivity contribution is 0.0696. The molecule has 0 bridgehead atoms. The van der Waals surface area contributed by atoms with Crippen molar-refractivity contribution in [3.63, 3.8) is 0 Å². The Bertz CT molecular complexity index is 438. The number of aromatic nitrogens is 1. The minimum Gasteiger partial charge on any atom is -0.478 e. The average Bonchev–Trinajstić information content (AvgIpc) is 2.46. The summed E-state index contributed by atoms with van der Waals surface area (Å²) in [5.74, 6) is -0.455. The molecule has 0 spiro atoms. The van der Waals surface area contributed by atoms with Crippen molar-refractivity contribution in [2.45, 2.75) is 58.3 Å². The van der Waals surface area contributed by atoms with Gasteiger partial charge in [-0.05, 0) is 12.5 Å². The van der Waals surface area contributed by atoms with Gasteiger partial charge in [-0.15, -0.1) is 0 Å². The van der Waals surface area contributed by atoms with Gasteiger partial charge >= 0.3 is 5.97 Å². The minimum atomic E-state index is -1.01. The van der Waals surface area contributed by atoms with Crippen LogP contribution in [-0.4, -0.2) is 22.6 Å². The highest BCUT2D eigenvalue weighted by Crippen LogP contribution is 2.20. The number of hydrogen-bond donors (Lipinski definition) is 2. The van der Waals surface area contributed by atoms with Crippen molar-refractivity contribution >= 4 is 23.4 Å². The fraction of sp³-hybridized carbons (Fsp3) is 0.625. The van der Waals surface area contributed by atoms with Gasteiger partial charge in [0.2, 0.25) is 0 Å². The third-order valence-corrected chi connectivity index (χ3v) is 3.70. The summed E-state index contributed by atoms with van der Waals surface area (Å²) in [6.45, 7) is 3.04. The maximum absolute atomic E-state index is 10.8. The molecule has 0 unspecified atom stereocenters. The number of carboxylic acids is 1. The van der Waals surface area contributed by atoms with Crippen molar-refractivity contribution in [2.24, 2.45) is 0 Å². The predicted molar refractivity (Wildman–Crippen MR) is 87.3 cm³/mol. The number of nitrogens with one attached hydrogen (secondary N) is 1. The first kappa shape index (κ1) is 17.8. The fourth-order valence-electron chi connectivity index (χ4n) is 2.15. The topological polar surface area (TPSA) is 62.2 Å². The maximum atomic E-state index is 10.8. The van der Waals surface area contributed by atoms with Crippen molar-refractivity contribution in [1.29, 1.82) is 0 Å². The molecule has 118 valence electrons. The molecule has 2 N–H and O–H groups in total. The lowest BCUT2D eigenvalue weighted by Crippen LogP contribution is -2.05. The number of aromatic carboxylic acids is 1. The van der Waals surface area contributed by atoms with E-state index in [9.17, 15) is 4.79 Å². The summed E-state index contributed by atoms with van der Waals surface area (Å²) in [5, 5.41) is 12.3. The highest BCUT2D eigenvalue weighted by molar-refractivity contribution is 6.33. The zero-order valence-corrected chi connectivity index (χ0v) is 13.5. The van der Waals surface area contributed by atoms with E-state index < -0.39 is 5.97 Å². The Labute approximate surface area is 131 Å². The minimum absolute atomic E-state index is 0.109. The Morgan fingerprint density at radius 3 is 2.38 bits per heavy atom. The summed E-state index contributed by atoms with van der Waals surface area (Å²) in [5.41, 5.74) is 0.109. The van der Waals surface area contributed by atoms with E-state index in [-0.39, 0.29) is 5.56 Å². The molecule has 0 saturated carbocycles. The smallest absolute Gasteiger partial charge is 0.337 e. The van der Waals surface area contributed by atoms with Crippen molar-refractivity contribution in [2.75, 3.05) is 11.9 Å². The number of rotatable bonds is 11. The summed E-state index contributed by atoms with van der Waals surface area (Å²) in [6, 6.07) is 1.42. The van der Waals surface area contributed by atoms with E-state index in [2.05, 4.69) is 17.2 Å². The van der Waals surface area contributed by atoms with Gasteiger partial charge in [-0.1, -0.05) is 63.5 Å². The lowest BCUT2D eigenvalue weighted by atomic mass is 10.1. The molecule has 0 fully saturated rings. The second kappa shape index (κ2) is 10.4. The first-order valence-corrected chi connectivity index (χ1v) is 8.15. The molecule has 0 aliphatic heterocycles. The van der Waals surface area contributed by atoms with Crippen LogP contribution in [-0.2, 0) is 0 Å². The van der Waals surface area contributed by atoms with E-state index >= 15 is 0 Å². The molecular formula is C16H25ClN2O2. The normalized spacial score (nSPS) is 10.6. The zero-order chi connectivity index (χ0) is 15.5. The molecule has 0 aliphatic carbocycles. The molecule has 1 heterocycles. The van der Waals surface area contributed by atoms with E-state index in [4.69, 9.17) is 16.7 Å². The quantitative estimate of drug-likeness (QED) is 0.565. The van der Waals surface area contributed by atoms with Crippen molar-refractivity contribution in [1.82, 2.24) is 4.98 Å². The molecule has 21 heavy (non-hydrogen) atoms. The van der Waals surface area contributed by atoms with Crippen molar-refractivity contribution < 1.29 is 9.90 Å². The number of carboxylic acid groups (broad SMARTS) is 1. The highest BCUT2D eigenvalue weighted by atomic mass is 35.5. The molecule has 0 radical (unpaired) electrons. The van der Waals surface area contributed by atoms with Crippen LogP contribution in [0.3, 0.4) is 0 Å². The van der Waals surface area contributed by atoms with E-state index in [0.29, 0.717) is 10.8 Å². The molecule has 0 aliphatic rings. The number of unbranched alkanes of at least 4 members (excludes halogenated alkanes) is 7. The molecular weight excluding hydrogens is 288 g/mol. The van der Waals surface area contributed by atoms with E-state index in [0.717, 1.165) is 13.0 Å². The Kier molecular flexibility index (Phi) is 8.83. The van der Waals surface area contributed by atoms with Crippen LogP contribution in [0.1, 0.15) is 68.6 Å². The van der Waals surface area contributed by atoms with E-state index in [1.54, 1.807) is 0 Å². The third kappa shape index (κ3) is 7.32. The van der Waals surface area contributed by atoms with Crippen molar-refractivity contribution in [3.8, 4) is 0 Å². The van der Waals surface area contributed by atoms with Crippen LogP contribution in [0.15, 0.2) is 12.3 Å². The van der Waals surface area contributed by atoms with Gasteiger partial charge in [-0.3, -0.25) is 0 Å². The Morgan fingerprint density at radius 1 is 1.19 bits per heavy atom. The van der Waals surface area contributed by atoms with E-state index in [1.807, 2.05) is 0 Å². The van der Waals surface area contributed by atoms with Crippen LogP contribution < -0.4 is 5.32 Å². The molecule has 0 atom stereocenters. The lowest BCUT2D eigenvalue weighted by Gasteiger charge is -2.07. The van der Waals surface area contributed by atoms with Crippen LogP contribution >= 0.6 is 11.6 Å². The first-order valence-electron chi connectivity index (χ1n) is 7.78. The second-order valence-electron chi connectivity index (χ2n) is 5.26. The van der Waals surface area contributed by atoms with Gasteiger partial charge in [-0.2, -0.15) is 0 Å². The average molecular weight is 313 g/mol. The molecule has 1 aromatic heterocycles. The number of hydrogen-bond acceptors (Lipinski definition) is 3. The van der Waals surface area contributed by atoms with Crippen molar-refractivity contribution in [3.05, 3.63) is 22.8 Å². The number of pyridine rings is 1. The second-order valence-corrected chi connectivity index (χ2v) is 5.67. The SMILES string of the molecule is CCCCCCCCCCNc1ncc(C(=O)O)cc1Cl. The molecule has 1 rings (SSSR count). The summed E-state index contributed by atoms with van der Waals surface area (Å²) in [7, 11) is 0. The summed E-state index contributed by atoms with van der Waals surface area (Å²) in [4.78, 5) is 14.8. The number of carbonyl (C=O) groups is 1. The molecule has 0 aromatic carbocycles. The Hall–Kier alpha value is -1.29. The number of anilines is 1. The van der Waals surface area contributed by atoms with Gasteiger partial charge in [0.25, 0.3) is 0 Å². The number of nitrogens with zero attached hydrogens (tertiary/aromatic N) is 1. The fourth-order valence-corrected chi connectivity index (χ4v) is 2.38. The van der Waals surface area contributed by atoms with Crippen LogP contribution in [0, 0.1) is 0 Å². The van der Waals surface area contributed by atoms with E-state index in [1.165, 1.54) is 57.2 Å². The largest absolute Gasteiger partial charge is 0.478 e. The number of halogens is 1. The van der Waals surface area contributed by atoms with Crippen LogP contribution in [0.5, 0.6) is 0 Å². The summed E-state index contributed by atoms with van der Waals surface area (Å²) >= 11 is 6.00. The highest BCUT2D eigenvalue weighted by Gasteiger charge is 2.07. The predicted octanol–water partition coefficient (Wildman–Crippen LogP) is 4.99. The monoisotopic (exact) mass is 312 g/mol. The maximum Gasteiger partial charge on any atom is 0.337 e. The molecule has 0 amide bonds. The molecule has 5 heteroatoms. The van der Waals surface area contributed by atoms with Crippen LogP contribution in [0.25, 0.3) is 0 Å². The summed E-state index contributed by atoms with van der Waals surface area (Å²) in [6.07, 6.45) is 11.5.